The van der Waals surface area contributed by atoms with E-state index in [2.05, 4.69) is 22.2 Å². The summed E-state index contributed by atoms with van der Waals surface area (Å²) >= 11 is 0. The topological polar surface area (TPSA) is 104 Å². The van der Waals surface area contributed by atoms with Crippen LogP contribution in [-0.4, -0.2) is 34.1 Å². The van der Waals surface area contributed by atoms with Crippen LogP contribution in [-0.2, 0) is 6.42 Å². The van der Waals surface area contributed by atoms with Crippen LogP contribution in [0.15, 0.2) is 35.5 Å². The number of nitrogens with zero attached hydrogens (tertiary/aromatic N) is 4. The molecule has 7 nitrogen and oxygen atoms in total. The first-order chi connectivity index (χ1) is 12.7. The van der Waals surface area contributed by atoms with Crippen molar-refractivity contribution in [1.82, 2.24) is 15.0 Å². The fraction of sp³-hybridized carbons (Fsp3) is 0.526. The second kappa shape index (κ2) is 11.1. The molecule has 0 saturated heterocycles. The molecular formula is C19H30N6O. The number of unbranched alkanes of at least 4 members (excludes halogenated alkanes) is 4. The molecule has 26 heavy (non-hydrogen) atoms. The fourth-order valence-corrected chi connectivity index (χ4v) is 2.60. The van der Waals surface area contributed by atoms with Crippen molar-refractivity contribution in [3.05, 3.63) is 36.2 Å². The second-order valence-corrected chi connectivity index (χ2v) is 6.32. The first-order valence-corrected chi connectivity index (χ1v) is 9.39. The highest BCUT2D eigenvalue weighted by atomic mass is 16.5. The van der Waals surface area contributed by atoms with Crippen molar-refractivity contribution in [1.29, 1.82) is 0 Å². The van der Waals surface area contributed by atoms with E-state index in [0.29, 0.717) is 6.54 Å². The number of hydrogen-bond acceptors (Lipinski definition) is 4. The number of guanidine groups is 1. The number of rotatable bonds is 12. The molecule has 4 N–H and O–H groups in total. The number of ether oxygens (including phenoxy) is 1. The average Bonchev–Trinajstić information content (AvgIpc) is 3.11. The van der Waals surface area contributed by atoms with Crippen molar-refractivity contribution in [3.8, 4) is 11.4 Å². The summed E-state index contributed by atoms with van der Waals surface area (Å²) in [6, 6.07) is 7.93. The molecule has 7 heteroatoms. The van der Waals surface area contributed by atoms with Gasteiger partial charge in [-0.1, -0.05) is 37.8 Å². The molecule has 0 unspecified atom stereocenters. The van der Waals surface area contributed by atoms with Gasteiger partial charge >= 0.3 is 0 Å². The van der Waals surface area contributed by atoms with Crippen LogP contribution in [0.25, 0.3) is 5.69 Å². The Balaban J connectivity index is 1.76. The van der Waals surface area contributed by atoms with Gasteiger partial charge < -0.3 is 16.2 Å². The zero-order valence-electron chi connectivity index (χ0n) is 15.6. The molecule has 0 saturated carbocycles. The quantitative estimate of drug-likeness (QED) is 0.345. The Morgan fingerprint density at radius 1 is 1.08 bits per heavy atom. The number of aromatic nitrogens is 3. The van der Waals surface area contributed by atoms with E-state index < -0.39 is 0 Å². The normalized spacial score (nSPS) is 10.7. The minimum Gasteiger partial charge on any atom is -0.494 e. The molecule has 0 aliphatic rings. The van der Waals surface area contributed by atoms with E-state index in [0.717, 1.165) is 43.0 Å². The van der Waals surface area contributed by atoms with Crippen molar-refractivity contribution in [3.63, 3.8) is 0 Å². The minimum atomic E-state index is 0.122. The van der Waals surface area contributed by atoms with Crippen LogP contribution in [0.5, 0.6) is 5.75 Å². The van der Waals surface area contributed by atoms with E-state index in [1.165, 1.54) is 25.7 Å². The third kappa shape index (κ3) is 7.13. The smallest absolute Gasteiger partial charge is 0.185 e. The third-order valence-corrected chi connectivity index (χ3v) is 4.04. The number of nitrogens with two attached hydrogens (primary N) is 2. The Morgan fingerprint density at radius 2 is 1.85 bits per heavy atom. The van der Waals surface area contributed by atoms with Gasteiger partial charge in [0.25, 0.3) is 0 Å². The summed E-state index contributed by atoms with van der Waals surface area (Å²) in [6.07, 6.45) is 9.76. The van der Waals surface area contributed by atoms with Gasteiger partial charge in [-0.15, -0.1) is 5.10 Å². The summed E-state index contributed by atoms with van der Waals surface area (Å²) in [6.45, 7) is 3.59. The standard InChI is InChI=1S/C19H30N6O/c1-2-3-4-5-6-14-26-18-11-9-17(10-12-18)25-15-16(23-24-25)8-7-13-22-19(20)21/h9-12,15H,2-8,13-14H2,1H3,(H4,20,21,22). The molecule has 2 aromatic rings. The lowest BCUT2D eigenvalue weighted by molar-refractivity contribution is 0.304. The molecule has 0 amide bonds. The maximum Gasteiger partial charge on any atom is 0.185 e. The van der Waals surface area contributed by atoms with Gasteiger partial charge in [-0.05, 0) is 43.5 Å². The summed E-state index contributed by atoms with van der Waals surface area (Å²) in [5.41, 5.74) is 12.5. The van der Waals surface area contributed by atoms with E-state index in [9.17, 15) is 0 Å². The Kier molecular flexibility index (Phi) is 8.45. The van der Waals surface area contributed by atoms with E-state index >= 15 is 0 Å². The molecular weight excluding hydrogens is 328 g/mol. The van der Waals surface area contributed by atoms with Crippen molar-refractivity contribution in [2.75, 3.05) is 13.2 Å². The van der Waals surface area contributed by atoms with Crippen molar-refractivity contribution >= 4 is 5.96 Å². The molecule has 0 aliphatic heterocycles. The van der Waals surface area contributed by atoms with Crippen LogP contribution in [0.4, 0.5) is 0 Å². The number of aryl methyl sites for hydroxylation is 1. The summed E-state index contributed by atoms with van der Waals surface area (Å²) in [7, 11) is 0. The van der Waals surface area contributed by atoms with Gasteiger partial charge in [-0.2, -0.15) is 0 Å². The van der Waals surface area contributed by atoms with Crippen molar-refractivity contribution in [2.24, 2.45) is 16.5 Å². The largest absolute Gasteiger partial charge is 0.494 e. The minimum absolute atomic E-state index is 0.122. The lowest BCUT2D eigenvalue weighted by Gasteiger charge is -2.07. The van der Waals surface area contributed by atoms with Crippen LogP contribution in [0, 0.1) is 0 Å². The van der Waals surface area contributed by atoms with Gasteiger partial charge in [-0.25, -0.2) is 4.68 Å². The highest BCUT2D eigenvalue weighted by Gasteiger charge is 2.03. The van der Waals surface area contributed by atoms with Gasteiger partial charge in [-0.3, -0.25) is 4.99 Å². The zero-order valence-corrected chi connectivity index (χ0v) is 15.6. The lowest BCUT2D eigenvalue weighted by Crippen LogP contribution is -2.23. The van der Waals surface area contributed by atoms with Gasteiger partial charge in [0.1, 0.15) is 5.75 Å². The summed E-state index contributed by atoms with van der Waals surface area (Å²) in [4.78, 5) is 3.96. The van der Waals surface area contributed by atoms with Gasteiger partial charge in [0.05, 0.1) is 24.2 Å². The first-order valence-electron chi connectivity index (χ1n) is 9.39. The lowest BCUT2D eigenvalue weighted by atomic mass is 10.2. The Labute approximate surface area is 155 Å². The molecule has 0 fully saturated rings. The highest BCUT2D eigenvalue weighted by Crippen LogP contribution is 2.16. The van der Waals surface area contributed by atoms with Gasteiger partial charge in [0.15, 0.2) is 5.96 Å². The first kappa shape index (κ1) is 19.8. The summed E-state index contributed by atoms with van der Waals surface area (Å²) < 4.78 is 7.56. The summed E-state index contributed by atoms with van der Waals surface area (Å²) in [5.74, 6) is 1.01. The van der Waals surface area contributed by atoms with Crippen LogP contribution in [0.3, 0.4) is 0 Å². The van der Waals surface area contributed by atoms with Crippen LogP contribution >= 0.6 is 0 Å². The molecule has 1 aromatic carbocycles. The molecule has 0 radical (unpaired) electrons. The van der Waals surface area contributed by atoms with Crippen molar-refractivity contribution < 1.29 is 4.74 Å². The molecule has 0 spiro atoms. The molecule has 0 bridgehead atoms. The van der Waals surface area contributed by atoms with E-state index in [-0.39, 0.29) is 5.96 Å². The summed E-state index contributed by atoms with van der Waals surface area (Å²) in [5, 5.41) is 8.36. The molecule has 2 rings (SSSR count). The fourth-order valence-electron chi connectivity index (χ4n) is 2.60. The number of benzene rings is 1. The molecule has 1 heterocycles. The average molecular weight is 358 g/mol. The SMILES string of the molecule is CCCCCCCOc1ccc(-n2cc(CCCN=C(N)N)nn2)cc1. The number of hydrogen-bond donors (Lipinski definition) is 2. The monoisotopic (exact) mass is 358 g/mol. The molecule has 1 aromatic heterocycles. The third-order valence-electron chi connectivity index (χ3n) is 4.04. The van der Waals surface area contributed by atoms with Crippen molar-refractivity contribution in [2.45, 2.75) is 51.9 Å². The van der Waals surface area contributed by atoms with Gasteiger partial charge in [0.2, 0.25) is 0 Å². The predicted octanol–water partition coefficient (Wildman–Crippen LogP) is 2.82. The maximum absolute atomic E-state index is 5.79. The van der Waals surface area contributed by atoms with Crippen LogP contribution in [0.2, 0.25) is 0 Å². The molecule has 0 atom stereocenters. The van der Waals surface area contributed by atoms with Crippen LogP contribution < -0.4 is 16.2 Å². The Bertz CT molecular complexity index is 661. The Hall–Kier alpha value is -2.57. The van der Waals surface area contributed by atoms with E-state index in [1.54, 1.807) is 4.68 Å². The number of aliphatic imine (C=N–C) groups is 1. The highest BCUT2D eigenvalue weighted by molar-refractivity contribution is 5.75. The second-order valence-electron chi connectivity index (χ2n) is 6.32. The molecule has 0 aliphatic carbocycles. The van der Waals surface area contributed by atoms with Gasteiger partial charge in [0, 0.05) is 6.54 Å². The Morgan fingerprint density at radius 3 is 2.58 bits per heavy atom. The molecule has 142 valence electrons. The predicted molar refractivity (Wildman–Crippen MR) is 105 cm³/mol. The zero-order chi connectivity index (χ0) is 18.6. The maximum atomic E-state index is 5.79. The van der Waals surface area contributed by atoms with E-state index in [4.69, 9.17) is 16.2 Å². The van der Waals surface area contributed by atoms with E-state index in [1.807, 2.05) is 30.5 Å². The van der Waals surface area contributed by atoms with Crippen LogP contribution in [0.1, 0.15) is 51.1 Å².